The van der Waals surface area contributed by atoms with Gasteiger partial charge in [0.05, 0.1) is 13.2 Å². The fourth-order valence-electron chi connectivity index (χ4n) is 2.01. The molecule has 1 rings (SSSR count). The lowest BCUT2D eigenvalue weighted by Gasteiger charge is -2.17. The first kappa shape index (κ1) is 13.5. The van der Waals surface area contributed by atoms with Crippen LogP contribution in [0.15, 0.2) is 6.07 Å². The molecule has 1 atom stereocenters. The van der Waals surface area contributed by atoms with Gasteiger partial charge in [-0.2, -0.15) is 0 Å². The summed E-state index contributed by atoms with van der Waals surface area (Å²) in [4.78, 5) is 11.0. The van der Waals surface area contributed by atoms with Gasteiger partial charge in [-0.05, 0) is 49.4 Å². The van der Waals surface area contributed by atoms with E-state index >= 15 is 0 Å². The number of aryl methyl sites for hydroxylation is 1. The highest BCUT2D eigenvalue weighted by Crippen LogP contribution is 2.28. The third-order valence-corrected chi connectivity index (χ3v) is 3.14. The third-order valence-electron chi connectivity index (χ3n) is 3.14. The Kier molecular flexibility index (Phi) is 4.12. The van der Waals surface area contributed by atoms with Gasteiger partial charge in [-0.1, -0.05) is 6.07 Å². The van der Waals surface area contributed by atoms with Gasteiger partial charge in [0, 0.05) is 0 Å². The first-order valence-corrected chi connectivity index (χ1v) is 5.57. The first-order valence-electron chi connectivity index (χ1n) is 5.57. The van der Waals surface area contributed by atoms with Crippen molar-refractivity contribution in [1.82, 2.24) is 0 Å². The van der Waals surface area contributed by atoms with E-state index < -0.39 is 11.9 Å². The van der Waals surface area contributed by atoms with E-state index in [0.717, 1.165) is 28.0 Å². The van der Waals surface area contributed by atoms with Crippen LogP contribution in [-0.4, -0.2) is 19.1 Å². The van der Waals surface area contributed by atoms with E-state index in [1.807, 2.05) is 26.8 Å². The van der Waals surface area contributed by atoms with Gasteiger partial charge in [0.15, 0.2) is 0 Å². The molecule has 0 saturated carbocycles. The maximum absolute atomic E-state index is 11.0. The van der Waals surface area contributed by atoms with Crippen molar-refractivity contribution in [2.24, 2.45) is 11.5 Å². The summed E-state index contributed by atoms with van der Waals surface area (Å²) in [7, 11) is 1.66. The fraction of sp³-hybridized carbons (Fsp3) is 0.462. The minimum absolute atomic E-state index is 0.465. The number of primary amides is 1. The van der Waals surface area contributed by atoms with E-state index in [1.165, 1.54) is 0 Å². The zero-order valence-electron chi connectivity index (χ0n) is 10.8. The Hall–Kier alpha value is -1.55. The summed E-state index contributed by atoms with van der Waals surface area (Å²) in [6, 6.07) is 1.37. The first-order chi connectivity index (χ1) is 7.88. The Bertz CT molecular complexity index is 442. The van der Waals surface area contributed by atoms with Crippen LogP contribution in [-0.2, 0) is 11.2 Å². The summed E-state index contributed by atoms with van der Waals surface area (Å²) in [6.07, 6.45) is 0.465. The average molecular weight is 236 g/mol. The van der Waals surface area contributed by atoms with E-state index in [1.54, 1.807) is 7.11 Å². The predicted octanol–water partition coefficient (Wildman–Crippen LogP) is 0.976. The number of carbonyl (C=O) groups excluding carboxylic acids is 1. The van der Waals surface area contributed by atoms with Gasteiger partial charge >= 0.3 is 0 Å². The molecule has 0 aromatic heterocycles. The van der Waals surface area contributed by atoms with E-state index in [-0.39, 0.29) is 0 Å². The predicted molar refractivity (Wildman–Crippen MR) is 68.1 cm³/mol. The number of benzene rings is 1. The highest BCUT2D eigenvalue weighted by Gasteiger charge is 2.15. The summed E-state index contributed by atoms with van der Waals surface area (Å²) >= 11 is 0. The van der Waals surface area contributed by atoms with Crippen LogP contribution in [0, 0.1) is 20.8 Å². The quantitative estimate of drug-likeness (QED) is 0.817. The zero-order valence-corrected chi connectivity index (χ0v) is 10.8. The third kappa shape index (κ3) is 2.77. The van der Waals surface area contributed by atoms with Crippen molar-refractivity contribution in [1.29, 1.82) is 0 Å². The van der Waals surface area contributed by atoms with E-state index in [0.29, 0.717) is 6.42 Å². The standard InChI is InChI=1S/C13H20N2O2/c1-7-5-10(6-11(14)13(15)16)8(2)9(3)12(7)17-4/h5,11H,6,14H2,1-4H3,(H2,15,16). The maximum Gasteiger partial charge on any atom is 0.234 e. The van der Waals surface area contributed by atoms with Gasteiger partial charge in [0.25, 0.3) is 0 Å². The van der Waals surface area contributed by atoms with Gasteiger partial charge in [-0.3, -0.25) is 4.79 Å². The Labute approximate surface area is 102 Å². The molecule has 0 fully saturated rings. The largest absolute Gasteiger partial charge is 0.496 e. The smallest absolute Gasteiger partial charge is 0.234 e. The van der Waals surface area contributed by atoms with Crippen LogP contribution < -0.4 is 16.2 Å². The van der Waals surface area contributed by atoms with Crippen LogP contribution in [0.5, 0.6) is 5.75 Å². The molecule has 0 aliphatic heterocycles. The molecule has 0 radical (unpaired) electrons. The van der Waals surface area contributed by atoms with Gasteiger partial charge in [0.2, 0.25) is 5.91 Å². The summed E-state index contributed by atoms with van der Waals surface area (Å²) in [6.45, 7) is 5.98. The molecular weight excluding hydrogens is 216 g/mol. The second-order valence-corrected chi connectivity index (χ2v) is 4.35. The molecule has 94 valence electrons. The molecule has 17 heavy (non-hydrogen) atoms. The topological polar surface area (TPSA) is 78.3 Å². The second kappa shape index (κ2) is 5.19. The number of methoxy groups -OCH3 is 1. The molecule has 0 spiro atoms. The number of ether oxygens (including phenoxy) is 1. The van der Waals surface area contributed by atoms with Crippen molar-refractivity contribution in [3.05, 3.63) is 28.3 Å². The number of nitrogens with two attached hydrogens (primary N) is 2. The molecule has 4 N–H and O–H groups in total. The van der Waals surface area contributed by atoms with Crippen LogP contribution >= 0.6 is 0 Å². The normalized spacial score (nSPS) is 12.3. The van der Waals surface area contributed by atoms with Crippen LogP contribution in [0.2, 0.25) is 0 Å². The number of carbonyl (C=O) groups is 1. The molecule has 1 aromatic rings. The van der Waals surface area contributed by atoms with Gasteiger partial charge in [0.1, 0.15) is 5.75 Å². The summed E-state index contributed by atoms with van der Waals surface area (Å²) in [5.41, 5.74) is 15.1. The minimum Gasteiger partial charge on any atom is -0.496 e. The van der Waals surface area contributed by atoms with Gasteiger partial charge in [-0.15, -0.1) is 0 Å². The van der Waals surface area contributed by atoms with Crippen molar-refractivity contribution in [3.63, 3.8) is 0 Å². The SMILES string of the molecule is COc1c(C)cc(CC(N)C(N)=O)c(C)c1C. The molecule has 1 unspecified atom stereocenters. The molecule has 0 heterocycles. The average Bonchev–Trinajstić information content (AvgIpc) is 2.26. The van der Waals surface area contributed by atoms with Gasteiger partial charge in [-0.25, -0.2) is 0 Å². The lowest BCUT2D eigenvalue weighted by molar-refractivity contribution is -0.119. The van der Waals surface area contributed by atoms with Crippen molar-refractivity contribution in [2.45, 2.75) is 33.2 Å². The van der Waals surface area contributed by atoms with Crippen LogP contribution in [0.25, 0.3) is 0 Å². The molecule has 0 aliphatic rings. The molecule has 0 bridgehead atoms. The molecule has 0 saturated heterocycles. The van der Waals surface area contributed by atoms with Crippen LogP contribution in [0.4, 0.5) is 0 Å². The molecule has 1 amide bonds. The van der Waals surface area contributed by atoms with Crippen molar-refractivity contribution in [2.75, 3.05) is 7.11 Å². The summed E-state index contributed by atoms with van der Waals surface area (Å²) in [5, 5.41) is 0. The molecule has 1 aromatic carbocycles. The Morgan fingerprint density at radius 1 is 1.35 bits per heavy atom. The van der Waals surface area contributed by atoms with Crippen molar-refractivity contribution < 1.29 is 9.53 Å². The maximum atomic E-state index is 11.0. The Morgan fingerprint density at radius 3 is 2.41 bits per heavy atom. The molecular formula is C13H20N2O2. The lowest BCUT2D eigenvalue weighted by Crippen LogP contribution is -2.38. The summed E-state index contributed by atoms with van der Waals surface area (Å²) in [5.74, 6) is 0.412. The zero-order chi connectivity index (χ0) is 13.2. The van der Waals surface area contributed by atoms with Crippen LogP contribution in [0.3, 0.4) is 0 Å². The fourth-order valence-corrected chi connectivity index (χ4v) is 2.01. The van der Waals surface area contributed by atoms with Gasteiger partial charge < -0.3 is 16.2 Å². The highest BCUT2D eigenvalue weighted by atomic mass is 16.5. The van der Waals surface area contributed by atoms with E-state index in [9.17, 15) is 4.79 Å². The number of amides is 1. The van der Waals surface area contributed by atoms with E-state index in [2.05, 4.69) is 0 Å². The van der Waals surface area contributed by atoms with E-state index in [4.69, 9.17) is 16.2 Å². The Balaban J connectivity index is 3.15. The molecule has 4 heteroatoms. The summed E-state index contributed by atoms with van der Waals surface area (Å²) < 4.78 is 5.34. The number of rotatable bonds is 4. The van der Waals surface area contributed by atoms with Crippen LogP contribution in [0.1, 0.15) is 22.3 Å². The van der Waals surface area contributed by atoms with Crippen molar-refractivity contribution >= 4 is 5.91 Å². The number of hydrogen-bond donors (Lipinski definition) is 2. The molecule has 4 nitrogen and oxygen atoms in total. The highest BCUT2D eigenvalue weighted by molar-refractivity contribution is 5.80. The second-order valence-electron chi connectivity index (χ2n) is 4.35. The molecule has 0 aliphatic carbocycles. The monoisotopic (exact) mass is 236 g/mol. The minimum atomic E-state index is -0.638. The Morgan fingerprint density at radius 2 is 1.94 bits per heavy atom. The van der Waals surface area contributed by atoms with Crippen molar-refractivity contribution in [3.8, 4) is 5.75 Å². The number of hydrogen-bond acceptors (Lipinski definition) is 3. The lowest BCUT2D eigenvalue weighted by atomic mass is 9.94.